The molecule has 4 heteroatoms. The van der Waals surface area contributed by atoms with E-state index in [1.165, 1.54) is 42.4 Å². The molecule has 0 bridgehead atoms. The smallest absolute Gasteiger partial charge is 0.119 e. The molecule has 2 aliphatic carbocycles. The minimum absolute atomic E-state index is 0.389. The van der Waals surface area contributed by atoms with Crippen molar-refractivity contribution in [2.45, 2.75) is 50.6 Å². The van der Waals surface area contributed by atoms with Crippen LogP contribution in [0.25, 0.3) is 0 Å². The Bertz CT molecular complexity index is 861. The first kappa shape index (κ1) is 20.8. The number of likely N-dealkylation sites (N-methyl/N-ethyl adjacent to an activating group) is 1. The van der Waals surface area contributed by atoms with Crippen LogP contribution in [0.2, 0.25) is 0 Å². The fourth-order valence-electron chi connectivity index (χ4n) is 5.20. The van der Waals surface area contributed by atoms with Crippen molar-refractivity contribution >= 4 is 0 Å². The molecule has 2 aromatic carbocycles. The predicted molar refractivity (Wildman–Crippen MR) is 125 cm³/mol. The summed E-state index contributed by atoms with van der Waals surface area (Å²) in [6.45, 7) is 3.87. The lowest BCUT2D eigenvalue weighted by atomic mass is 9.84. The SMILES string of the molecule is COc1ccc(C2CN(C)Cc3cc(OCCCNC(C4CC4)C4CC4)ccc32)cc1. The quantitative estimate of drug-likeness (QED) is 0.559. The van der Waals surface area contributed by atoms with Crippen LogP contribution in [-0.2, 0) is 6.54 Å². The molecular weight excluding hydrogens is 384 g/mol. The second-order valence-electron chi connectivity index (χ2n) is 9.74. The van der Waals surface area contributed by atoms with Crippen molar-refractivity contribution in [3.63, 3.8) is 0 Å². The van der Waals surface area contributed by atoms with E-state index < -0.39 is 0 Å². The van der Waals surface area contributed by atoms with Gasteiger partial charge < -0.3 is 19.7 Å². The summed E-state index contributed by atoms with van der Waals surface area (Å²) in [5.74, 6) is 4.23. The van der Waals surface area contributed by atoms with Gasteiger partial charge in [0.15, 0.2) is 0 Å². The third-order valence-corrected chi connectivity index (χ3v) is 7.17. The van der Waals surface area contributed by atoms with Gasteiger partial charge in [0.2, 0.25) is 0 Å². The minimum Gasteiger partial charge on any atom is -0.497 e. The number of hydrogen-bond acceptors (Lipinski definition) is 4. The zero-order valence-corrected chi connectivity index (χ0v) is 19.0. The summed E-state index contributed by atoms with van der Waals surface area (Å²) in [6.07, 6.45) is 6.82. The summed E-state index contributed by atoms with van der Waals surface area (Å²) < 4.78 is 11.5. The molecule has 0 spiro atoms. The highest BCUT2D eigenvalue weighted by Crippen LogP contribution is 2.44. The van der Waals surface area contributed by atoms with Crippen LogP contribution < -0.4 is 14.8 Å². The van der Waals surface area contributed by atoms with E-state index in [1.807, 2.05) is 0 Å². The van der Waals surface area contributed by atoms with Crippen molar-refractivity contribution in [1.29, 1.82) is 0 Å². The van der Waals surface area contributed by atoms with Crippen LogP contribution >= 0.6 is 0 Å². The molecular formula is C27H36N2O2. The highest BCUT2D eigenvalue weighted by Gasteiger charge is 2.40. The van der Waals surface area contributed by atoms with Gasteiger partial charge in [-0.05, 0) is 98.5 Å². The zero-order valence-electron chi connectivity index (χ0n) is 19.0. The highest BCUT2D eigenvalue weighted by molar-refractivity contribution is 5.45. The summed E-state index contributed by atoms with van der Waals surface area (Å²) >= 11 is 0. The van der Waals surface area contributed by atoms with Gasteiger partial charge in [-0.1, -0.05) is 18.2 Å². The summed E-state index contributed by atoms with van der Waals surface area (Å²) in [4.78, 5) is 2.40. The van der Waals surface area contributed by atoms with Crippen LogP contribution in [0.15, 0.2) is 42.5 Å². The van der Waals surface area contributed by atoms with Crippen LogP contribution in [-0.4, -0.2) is 44.8 Å². The lowest BCUT2D eigenvalue weighted by molar-refractivity contribution is 0.286. The molecule has 1 unspecified atom stereocenters. The van der Waals surface area contributed by atoms with Gasteiger partial charge in [0.1, 0.15) is 11.5 Å². The van der Waals surface area contributed by atoms with Crippen LogP contribution in [0, 0.1) is 11.8 Å². The first-order chi connectivity index (χ1) is 15.2. The van der Waals surface area contributed by atoms with Gasteiger partial charge in [0, 0.05) is 25.0 Å². The average Bonchev–Trinajstić information content (AvgIpc) is 3.69. The Morgan fingerprint density at radius 2 is 1.71 bits per heavy atom. The van der Waals surface area contributed by atoms with E-state index in [4.69, 9.17) is 9.47 Å². The molecule has 0 amide bonds. The fraction of sp³-hybridized carbons (Fsp3) is 0.556. The average molecular weight is 421 g/mol. The number of nitrogens with zero attached hydrogens (tertiary/aromatic N) is 1. The molecule has 3 aliphatic rings. The molecule has 1 atom stereocenters. The Balaban J connectivity index is 1.17. The first-order valence-electron chi connectivity index (χ1n) is 12.0. The molecule has 166 valence electrons. The Hall–Kier alpha value is -2.04. The standard InChI is InChI=1S/C27H36N2O2/c1-29-17-22-16-24(31-15-3-14-28-27(20-4-5-20)21-6-7-21)12-13-25(22)26(18-29)19-8-10-23(30-2)11-9-19/h8-13,16,20-21,26-28H,3-7,14-15,17-18H2,1-2H3. The normalized spacial score (nSPS) is 21.2. The molecule has 2 fully saturated rings. The lowest BCUT2D eigenvalue weighted by Gasteiger charge is -2.33. The molecule has 31 heavy (non-hydrogen) atoms. The second-order valence-corrected chi connectivity index (χ2v) is 9.74. The van der Waals surface area contributed by atoms with Crippen LogP contribution in [0.3, 0.4) is 0 Å². The summed E-state index contributed by atoms with van der Waals surface area (Å²) in [7, 11) is 3.92. The van der Waals surface area contributed by atoms with Gasteiger partial charge in [-0.3, -0.25) is 0 Å². The Labute approximate surface area is 186 Å². The van der Waals surface area contributed by atoms with Crippen molar-refractivity contribution in [3.05, 3.63) is 59.2 Å². The molecule has 2 saturated carbocycles. The topological polar surface area (TPSA) is 33.7 Å². The molecule has 0 radical (unpaired) electrons. The van der Waals surface area contributed by atoms with Crippen molar-refractivity contribution < 1.29 is 9.47 Å². The van der Waals surface area contributed by atoms with Crippen molar-refractivity contribution in [3.8, 4) is 11.5 Å². The molecule has 1 N–H and O–H groups in total. The molecule has 1 aliphatic heterocycles. The third-order valence-electron chi connectivity index (χ3n) is 7.17. The van der Waals surface area contributed by atoms with Gasteiger partial charge in [-0.2, -0.15) is 0 Å². The van der Waals surface area contributed by atoms with Crippen LogP contribution in [0.1, 0.15) is 54.7 Å². The third kappa shape index (κ3) is 5.07. The second kappa shape index (κ2) is 9.22. The maximum atomic E-state index is 6.14. The number of fused-ring (bicyclic) bond motifs is 1. The first-order valence-corrected chi connectivity index (χ1v) is 12.0. The van der Waals surface area contributed by atoms with Gasteiger partial charge in [0.25, 0.3) is 0 Å². The Morgan fingerprint density at radius 3 is 2.39 bits per heavy atom. The number of methoxy groups -OCH3 is 1. The molecule has 0 saturated heterocycles. The fourth-order valence-corrected chi connectivity index (χ4v) is 5.20. The van der Waals surface area contributed by atoms with Crippen LogP contribution in [0.4, 0.5) is 0 Å². The van der Waals surface area contributed by atoms with Gasteiger partial charge >= 0.3 is 0 Å². The van der Waals surface area contributed by atoms with Crippen molar-refractivity contribution in [2.75, 3.05) is 33.9 Å². The number of rotatable bonds is 10. The minimum atomic E-state index is 0.389. The monoisotopic (exact) mass is 420 g/mol. The van der Waals surface area contributed by atoms with Crippen molar-refractivity contribution in [1.82, 2.24) is 10.2 Å². The van der Waals surface area contributed by atoms with Gasteiger partial charge in [-0.15, -0.1) is 0 Å². The van der Waals surface area contributed by atoms with Gasteiger partial charge in [0.05, 0.1) is 13.7 Å². The maximum Gasteiger partial charge on any atom is 0.119 e. The lowest BCUT2D eigenvalue weighted by Crippen LogP contribution is -2.34. The van der Waals surface area contributed by atoms with E-state index >= 15 is 0 Å². The molecule has 0 aromatic heterocycles. The molecule has 4 nitrogen and oxygen atoms in total. The largest absolute Gasteiger partial charge is 0.497 e. The number of benzene rings is 2. The van der Waals surface area contributed by atoms with E-state index in [0.717, 1.165) is 62.0 Å². The van der Waals surface area contributed by atoms with Gasteiger partial charge in [-0.25, -0.2) is 0 Å². The summed E-state index contributed by atoms with van der Waals surface area (Å²) in [6, 6.07) is 16.0. The van der Waals surface area contributed by atoms with E-state index in [-0.39, 0.29) is 0 Å². The summed E-state index contributed by atoms with van der Waals surface area (Å²) in [5.41, 5.74) is 4.15. The number of ether oxygens (including phenoxy) is 2. The summed E-state index contributed by atoms with van der Waals surface area (Å²) in [5, 5.41) is 3.82. The van der Waals surface area contributed by atoms with E-state index in [2.05, 4.69) is 59.7 Å². The molecule has 5 rings (SSSR count). The zero-order chi connectivity index (χ0) is 21.2. The Kier molecular flexibility index (Phi) is 6.20. The van der Waals surface area contributed by atoms with E-state index in [9.17, 15) is 0 Å². The number of nitrogens with one attached hydrogen (secondary N) is 1. The van der Waals surface area contributed by atoms with E-state index in [0.29, 0.717) is 5.92 Å². The molecule has 1 heterocycles. The number of hydrogen-bond donors (Lipinski definition) is 1. The highest BCUT2D eigenvalue weighted by atomic mass is 16.5. The Morgan fingerprint density at radius 1 is 1.00 bits per heavy atom. The predicted octanol–water partition coefficient (Wildman–Crippen LogP) is 4.82. The van der Waals surface area contributed by atoms with E-state index in [1.54, 1.807) is 7.11 Å². The van der Waals surface area contributed by atoms with Crippen LogP contribution in [0.5, 0.6) is 11.5 Å². The van der Waals surface area contributed by atoms with Crippen molar-refractivity contribution in [2.24, 2.45) is 11.8 Å². The maximum absolute atomic E-state index is 6.14. The molecule has 2 aromatic rings.